The zero-order valence-corrected chi connectivity index (χ0v) is 31.0. The van der Waals surface area contributed by atoms with Gasteiger partial charge in [0.1, 0.15) is 18.4 Å². The van der Waals surface area contributed by atoms with Crippen LogP contribution in [0.2, 0.25) is 5.02 Å². The maximum atomic E-state index is 14.1. The molecule has 2 aromatic rings. The van der Waals surface area contributed by atoms with Crippen molar-refractivity contribution in [2.75, 3.05) is 33.4 Å². The average Bonchev–Trinajstić information content (AvgIpc) is 3.33. The summed E-state index contributed by atoms with van der Waals surface area (Å²) in [6.45, 7) is 4.57. The van der Waals surface area contributed by atoms with E-state index in [-0.39, 0.29) is 44.4 Å². The Hall–Kier alpha value is -3.15. The Morgan fingerprint density at radius 3 is 2.48 bits per heavy atom. The number of rotatable bonds is 16. The monoisotopic (exact) mass is 734 g/mol. The first-order valence-corrected chi connectivity index (χ1v) is 19.6. The van der Waals surface area contributed by atoms with Crippen LogP contribution in [0.5, 0.6) is 5.75 Å². The summed E-state index contributed by atoms with van der Waals surface area (Å²) in [6.07, 6.45) is 5.37. The van der Waals surface area contributed by atoms with Gasteiger partial charge in [-0.2, -0.15) is 0 Å². The van der Waals surface area contributed by atoms with Crippen LogP contribution in [0.15, 0.2) is 48.5 Å². The first kappa shape index (κ1) is 39.6. The largest absolute Gasteiger partial charge is 0.491 e. The second-order valence-corrected chi connectivity index (χ2v) is 15.5. The number of benzene rings is 2. The molecule has 4 rings (SSSR count). The summed E-state index contributed by atoms with van der Waals surface area (Å²) in [6, 6.07) is 12.1. The number of hydrogen-bond acceptors (Lipinski definition) is 8. The number of nitrogens with zero attached hydrogens (tertiary/aromatic N) is 2. The highest BCUT2D eigenvalue weighted by molar-refractivity contribution is 7.54. The molecule has 50 heavy (non-hydrogen) atoms. The van der Waals surface area contributed by atoms with Crippen molar-refractivity contribution in [1.29, 1.82) is 0 Å². The van der Waals surface area contributed by atoms with E-state index in [0.717, 1.165) is 49.0 Å². The van der Waals surface area contributed by atoms with Gasteiger partial charge in [0, 0.05) is 37.1 Å². The topological polar surface area (TPSA) is 147 Å². The van der Waals surface area contributed by atoms with E-state index in [1.807, 2.05) is 36.4 Å². The van der Waals surface area contributed by atoms with E-state index in [9.17, 15) is 24.1 Å². The van der Waals surface area contributed by atoms with Gasteiger partial charge in [-0.3, -0.25) is 14.2 Å². The van der Waals surface area contributed by atoms with E-state index in [1.54, 1.807) is 37.9 Å². The second kappa shape index (κ2) is 19.5. The first-order chi connectivity index (χ1) is 24.0. The lowest BCUT2D eigenvalue weighted by atomic mass is 9.84. The summed E-state index contributed by atoms with van der Waals surface area (Å²) >= 11 is 6.14. The predicted molar refractivity (Wildman–Crippen MR) is 192 cm³/mol. The number of carbonyl (C=O) groups excluding carboxylic acids is 3. The first-order valence-electron chi connectivity index (χ1n) is 17.6. The molecule has 1 saturated carbocycles. The number of urea groups is 1. The van der Waals surface area contributed by atoms with Crippen molar-refractivity contribution in [3.63, 3.8) is 0 Å². The molecule has 276 valence electrons. The van der Waals surface area contributed by atoms with Crippen molar-refractivity contribution in [2.24, 2.45) is 5.92 Å². The third-order valence-electron chi connectivity index (χ3n) is 9.17. The summed E-state index contributed by atoms with van der Waals surface area (Å²) in [5, 5.41) is 17.8. The molecule has 1 fully saturated rings. The molecule has 2 aliphatic rings. The van der Waals surface area contributed by atoms with Gasteiger partial charge >= 0.3 is 13.6 Å². The van der Waals surface area contributed by atoms with Crippen LogP contribution < -0.4 is 15.4 Å². The fourth-order valence-electron chi connectivity index (χ4n) is 6.55. The van der Waals surface area contributed by atoms with Gasteiger partial charge < -0.3 is 39.3 Å². The fourth-order valence-corrected chi connectivity index (χ4v) is 8.53. The lowest BCUT2D eigenvalue weighted by Gasteiger charge is -2.32. The van der Waals surface area contributed by atoms with Crippen molar-refractivity contribution >= 4 is 37.0 Å². The number of fused-ring (bicyclic) bond motifs is 1. The molecule has 1 aliphatic heterocycles. The molecule has 0 radical (unpaired) electrons. The van der Waals surface area contributed by atoms with Gasteiger partial charge in [0.15, 0.2) is 5.85 Å². The molecule has 2 aromatic carbocycles. The van der Waals surface area contributed by atoms with Crippen LogP contribution >= 0.6 is 19.2 Å². The molecular formula is C36H52ClN4O8P. The van der Waals surface area contributed by atoms with Gasteiger partial charge in [0.2, 0.25) is 11.8 Å². The summed E-state index contributed by atoms with van der Waals surface area (Å²) < 4.78 is 30.5. The van der Waals surface area contributed by atoms with E-state index in [2.05, 4.69) is 10.6 Å². The van der Waals surface area contributed by atoms with Crippen LogP contribution in [0, 0.1) is 5.92 Å². The Balaban J connectivity index is 1.52. The number of nitrogens with one attached hydrogen (secondary N) is 2. The Labute approximate surface area is 300 Å². The van der Waals surface area contributed by atoms with Crippen LogP contribution in [-0.2, 0) is 36.3 Å². The summed E-state index contributed by atoms with van der Waals surface area (Å²) in [7, 11) is -2.49. The van der Waals surface area contributed by atoms with E-state index in [1.165, 1.54) is 4.90 Å². The smallest absolute Gasteiger partial charge is 0.360 e. The predicted octanol–water partition coefficient (Wildman–Crippen LogP) is 6.09. The average molecular weight is 735 g/mol. The van der Waals surface area contributed by atoms with Crippen LogP contribution in [0.25, 0.3) is 0 Å². The van der Waals surface area contributed by atoms with Crippen molar-refractivity contribution in [1.82, 2.24) is 20.4 Å². The third-order valence-corrected chi connectivity index (χ3v) is 11.6. The SMILES string of the molecule is CCOP(=O)(OCC)C(O)[C@H](CCC(=O)N1CCOc2ccccc2C1)NC(=O)[C@H](CC1CCCCC1)NC(=O)N(C)Cc1cccc(Cl)c1. The number of para-hydroxylation sites is 1. The number of hydrogen-bond donors (Lipinski definition) is 3. The molecule has 14 heteroatoms. The van der Waals surface area contributed by atoms with E-state index in [4.69, 9.17) is 25.4 Å². The number of amides is 4. The Kier molecular flexibility index (Phi) is 15.4. The van der Waals surface area contributed by atoms with E-state index in [0.29, 0.717) is 31.1 Å². The van der Waals surface area contributed by atoms with Gasteiger partial charge in [0.25, 0.3) is 0 Å². The quantitative estimate of drug-likeness (QED) is 0.176. The molecule has 0 aromatic heterocycles. The number of halogens is 1. The summed E-state index contributed by atoms with van der Waals surface area (Å²) in [4.78, 5) is 44.2. The number of aliphatic hydroxyl groups is 1. The minimum atomic E-state index is -4.13. The minimum Gasteiger partial charge on any atom is -0.491 e. The number of ether oxygens (including phenoxy) is 1. The van der Waals surface area contributed by atoms with Gasteiger partial charge in [-0.1, -0.05) is 74.0 Å². The van der Waals surface area contributed by atoms with E-state index >= 15 is 0 Å². The molecule has 0 saturated heterocycles. The zero-order chi connectivity index (χ0) is 36.1. The second-order valence-electron chi connectivity index (χ2n) is 12.9. The van der Waals surface area contributed by atoms with Gasteiger partial charge in [-0.05, 0) is 56.4 Å². The van der Waals surface area contributed by atoms with Crippen LogP contribution in [0.4, 0.5) is 4.79 Å². The molecule has 0 spiro atoms. The molecule has 12 nitrogen and oxygen atoms in total. The molecule has 3 N–H and O–H groups in total. The summed E-state index contributed by atoms with van der Waals surface area (Å²) in [5.74, 6) is -1.58. The standard InChI is InChI=1S/C36H52ClN4O8P/c1-4-48-50(46,49-5-2)35(44)30(18-19-33(42)41-20-21-47-32-17-10-9-15-28(32)25-41)38-34(43)31(23-26-12-7-6-8-13-26)39-36(45)40(3)24-27-14-11-16-29(37)22-27/h9-11,14-17,22,26,30-31,35,44H,4-8,12-13,18-21,23-25H2,1-3H3,(H,38,43)(H,39,45)/t30-,31-,35?/m0/s1. The highest BCUT2D eigenvalue weighted by atomic mass is 35.5. The minimum absolute atomic E-state index is 0.000441. The lowest BCUT2D eigenvalue weighted by molar-refractivity contribution is -0.132. The van der Waals surface area contributed by atoms with Gasteiger partial charge in [0.05, 0.1) is 25.8 Å². The maximum Gasteiger partial charge on any atom is 0.360 e. The molecule has 1 heterocycles. The Morgan fingerprint density at radius 1 is 1.06 bits per heavy atom. The third kappa shape index (κ3) is 11.4. The summed E-state index contributed by atoms with van der Waals surface area (Å²) in [5.41, 5.74) is 1.71. The van der Waals surface area contributed by atoms with Crippen molar-refractivity contribution in [3.8, 4) is 5.75 Å². The fraction of sp³-hybridized carbons (Fsp3) is 0.583. The van der Waals surface area contributed by atoms with Crippen LogP contribution in [0.3, 0.4) is 0 Å². The molecule has 4 amide bonds. The van der Waals surface area contributed by atoms with E-state index < -0.39 is 37.5 Å². The van der Waals surface area contributed by atoms with Crippen LogP contribution in [0.1, 0.15) is 76.3 Å². The van der Waals surface area contributed by atoms with Gasteiger partial charge in [-0.15, -0.1) is 0 Å². The Morgan fingerprint density at radius 2 is 1.78 bits per heavy atom. The molecule has 1 unspecified atom stereocenters. The van der Waals surface area contributed by atoms with Crippen molar-refractivity contribution in [2.45, 2.75) is 96.2 Å². The van der Waals surface area contributed by atoms with Crippen molar-refractivity contribution < 1.29 is 37.8 Å². The molecule has 0 bridgehead atoms. The molecule has 3 atom stereocenters. The van der Waals surface area contributed by atoms with Crippen molar-refractivity contribution in [3.05, 3.63) is 64.7 Å². The van der Waals surface area contributed by atoms with Gasteiger partial charge in [-0.25, -0.2) is 4.79 Å². The highest BCUT2D eigenvalue weighted by Gasteiger charge is 2.42. The highest BCUT2D eigenvalue weighted by Crippen LogP contribution is 2.53. The lowest BCUT2D eigenvalue weighted by Crippen LogP contribution is -2.55. The zero-order valence-electron chi connectivity index (χ0n) is 29.4. The maximum absolute atomic E-state index is 14.1. The van der Waals surface area contributed by atoms with Crippen LogP contribution in [-0.4, -0.2) is 84.1 Å². The molecular weight excluding hydrogens is 683 g/mol. The molecule has 1 aliphatic carbocycles. The normalized spacial score (nSPS) is 17.0. The number of aliphatic hydroxyl groups excluding tert-OH is 1. The Bertz CT molecular complexity index is 1470. The number of carbonyl (C=O) groups is 3.